The number of urea groups is 1. The largest absolute Gasteiger partial charge is 0.467 e. The molecule has 1 aliphatic rings. The number of esters is 1. The molecule has 1 aromatic rings. The highest BCUT2D eigenvalue weighted by Crippen LogP contribution is 2.33. The van der Waals surface area contributed by atoms with Crippen molar-refractivity contribution in [2.45, 2.75) is 12.5 Å². The maximum Gasteiger partial charge on any atom is 0.333 e. The molecule has 1 aliphatic heterocycles. The molecule has 6 nitrogen and oxygen atoms in total. The molecule has 0 aromatic carbocycles. The third-order valence-electron chi connectivity index (χ3n) is 3.23. The van der Waals surface area contributed by atoms with Gasteiger partial charge in [-0.05, 0) is 23.4 Å². The summed E-state index contributed by atoms with van der Waals surface area (Å²) in [7, 11) is 2.91. The summed E-state index contributed by atoms with van der Waals surface area (Å²) in [5.41, 5.74) is 0.870. The van der Waals surface area contributed by atoms with E-state index in [4.69, 9.17) is 9.47 Å². The van der Waals surface area contributed by atoms with Gasteiger partial charge in [0.15, 0.2) is 6.04 Å². The van der Waals surface area contributed by atoms with Crippen LogP contribution >= 0.6 is 11.3 Å². The third-order valence-corrected chi connectivity index (χ3v) is 4.23. The lowest BCUT2D eigenvalue weighted by molar-refractivity contribution is -0.146. The number of rotatable bonds is 4. The molecule has 0 spiro atoms. The Morgan fingerprint density at radius 3 is 3.00 bits per heavy atom. The van der Waals surface area contributed by atoms with E-state index < -0.39 is 12.0 Å². The van der Waals surface area contributed by atoms with Gasteiger partial charge >= 0.3 is 12.0 Å². The number of fused-ring (bicyclic) bond motifs is 1. The third kappa shape index (κ3) is 2.94. The van der Waals surface area contributed by atoms with Crippen LogP contribution in [0, 0.1) is 0 Å². The van der Waals surface area contributed by atoms with Crippen LogP contribution in [0.2, 0.25) is 0 Å². The standard InChI is InChI=1S/C13H18N2O4S/c1-18-7-5-14-13(17)15-6-3-10-9(4-8-20-10)11(15)12(16)19-2/h4,8,11H,3,5-7H2,1-2H3,(H,14,17). The molecule has 110 valence electrons. The van der Waals surface area contributed by atoms with Crippen LogP contribution in [0.15, 0.2) is 11.4 Å². The van der Waals surface area contributed by atoms with Crippen LogP contribution in [-0.2, 0) is 20.7 Å². The maximum absolute atomic E-state index is 12.2. The highest BCUT2D eigenvalue weighted by molar-refractivity contribution is 7.10. The van der Waals surface area contributed by atoms with Gasteiger partial charge in [-0.3, -0.25) is 0 Å². The topological polar surface area (TPSA) is 67.9 Å². The smallest absolute Gasteiger partial charge is 0.333 e. The number of ether oxygens (including phenoxy) is 2. The molecule has 0 fully saturated rings. The summed E-state index contributed by atoms with van der Waals surface area (Å²) in [6, 6.07) is 0.961. The van der Waals surface area contributed by atoms with Gasteiger partial charge in [-0.2, -0.15) is 0 Å². The fraction of sp³-hybridized carbons (Fsp3) is 0.538. The van der Waals surface area contributed by atoms with Gasteiger partial charge < -0.3 is 19.7 Å². The normalized spacial score (nSPS) is 17.5. The Morgan fingerprint density at radius 1 is 1.50 bits per heavy atom. The number of carbonyl (C=O) groups excluding carboxylic acids is 2. The summed E-state index contributed by atoms with van der Waals surface area (Å²) >= 11 is 1.61. The second-order valence-electron chi connectivity index (χ2n) is 4.39. The fourth-order valence-corrected chi connectivity index (χ4v) is 3.17. The number of carbonyl (C=O) groups is 2. The van der Waals surface area contributed by atoms with Crippen LogP contribution in [0.25, 0.3) is 0 Å². The number of hydrogen-bond donors (Lipinski definition) is 1. The highest BCUT2D eigenvalue weighted by atomic mass is 32.1. The van der Waals surface area contributed by atoms with E-state index in [2.05, 4.69) is 5.32 Å². The van der Waals surface area contributed by atoms with Crippen molar-refractivity contribution < 1.29 is 19.1 Å². The van der Waals surface area contributed by atoms with E-state index >= 15 is 0 Å². The first-order valence-corrected chi connectivity index (χ1v) is 7.24. The van der Waals surface area contributed by atoms with Gasteiger partial charge in [-0.25, -0.2) is 9.59 Å². The number of thiophene rings is 1. The molecule has 1 atom stereocenters. The molecule has 1 aromatic heterocycles. The van der Waals surface area contributed by atoms with Crippen LogP contribution < -0.4 is 5.32 Å². The SMILES string of the molecule is COCCNC(=O)N1CCc2sccc2C1C(=O)OC. The van der Waals surface area contributed by atoms with E-state index in [1.54, 1.807) is 18.4 Å². The van der Waals surface area contributed by atoms with Gasteiger partial charge in [-0.1, -0.05) is 0 Å². The van der Waals surface area contributed by atoms with Crippen molar-refractivity contribution in [3.8, 4) is 0 Å². The van der Waals surface area contributed by atoms with Crippen LogP contribution in [0.5, 0.6) is 0 Å². The van der Waals surface area contributed by atoms with E-state index in [9.17, 15) is 9.59 Å². The first kappa shape index (κ1) is 14.8. The second kappa shape index (κ2) is 6.71. The first-order chi connectivity index (χ1) is 9.69. The molecular weight excluding hydrogens is 280 g/mol. The Bertz CT molecular complexity index is 488. The Kier molecular flexibility index (Phi) is 4.97. The first-order valence-electron chi connectivity index (χ1n) is 6.36. The van der Waals surface area contributed by atoms with E-state index in [-0.39, 0.29) is 6.03 Å². The van der Waals surface area contributed by atoms with Crippen LogP contribution in [0.1, 0.15) is 16.5 Å². The second-order valence-corrected chi connectivity index (χ2v) is 5.39. The van der Waals surface area contributed by atoms with E-state index in [1.807, 2.05) is 11.4 Å². The predicted octanol–water partition coefficient (Wildman–Crippen LogP) is 1.18. The highest BCUT2D eigenvalue weighted by Gasteiger charge is 2.37. The quantitative estimate of drug-likeness (QED) is 0.669. The van der Waals surface area contributed by atoms with E-state index in [1.165, 1.54) is 12.0 Å². The van der Waals surface area contributed by atoms with Crippen LogP contribution in [0.4, 0.5) is 4.79 Å². The number of hydrogen-bond acceptors (Lipinski definition) is 5. The van der Waals surface area contributed by atoms with Gasteiger partial charge in [0, 0.05) is 25.1 Å². The Balaban J connectivity index is 2.15. The van der Waals surface area contributed by atoms with Crippen molar-refractivity contribution in [1.29, 1.82) is 0 Å². The Hall–Kier alpha value is -1.60. The summed E-state index contributed by atoms with van der Waals surface area (Å²) < 4.78 is 9.74. The van der Waals surface area contributed by atoms with Gasteiger partial charge in [-0.15, -0.1) is 11.3 Å². The van der Waals surface area contributed by atoms with E-state index in [0.717, 1.165) is 16.9 Å². The lowest BCUT2D eigenvalue weighted by Gasteiger charge is -2.33. The molecule has 0 aliphatic carbocycles. The number of methoxy groups -OCH3 is 2. The molecule has 1 unspecified atom stereocenters. The molecule has 7 heteroatoms. The predicted molar refractivity (Wildman–Crippen MR) is 74.8 cm³/mol. The minimum Gasteiger partial charge on any atom is -0.467 e. The van der Waals surface area contributed by atoms with Crippen molar-refractivity contribution in [3.05, 3.63) is 21.9 Å². The molecule has 2 heterocycles. The molecule has 0 radical (unpaired) electrons. The van der Waals surface area contributed by atoms with E-state index in [0.29, 0.717) is 19.7 Å². The van der Waals surface area contributed by atoms with Crippen LogP contribution in [-0.4, -0.2) is 50.8 Å². The molecule has 0 saturated carbocycles. The van der Waals surface area contributed by atoms with Crippen LogP contribution in [0.3, 0.4) is 0 Å². The Morgan fingerprint density at radius 2 is 2.30 bits per heavy atom. The number of nitrogens with one attached hydrogen (secondary N) is 1. The zero-order valence-electron chi connectivity index (χ0n) is 11.5. The lowest BCUT2D eigenvalue weighted by Crippen LogP contribution is -2.48. The van der Waals surface area contributed by atoms with Crippen molar-refractivity contribution in [1.82, 2.24) is 10.2 Å². The molecule has 2 rings (SSSR count). The monoisotopic (exact) mass is 298 g/mol. The summed E-state index contributed by atoms with van der Waals surface area (Å²) in [5.74, 6) is -0.411. The Labute approximate surface area is 121 Å². The number of amides is 2. The van der Waals surface area contributed by atoms with Gasteiger partial charge in [0.25, 0.3) is 0 Å². The molecular formula is C13H18N2O4S. The van der Waals surface area contributed by atoms with Crippen molar-refractivity contribution in [2.24, 2.45) is 0 Å². The summed E-state index contributed by atoms with van der Waals surface area (Å²) in [4.78, 5) is 26.9. The molecule has 2 amide bonds. The summed E-state index contributed by atoms with van der Waals surface area (Å²) in [5, 5.41) is 4.68. The maximum atomic E-state index is 12.2. The van der Waals surface area contributed by atoms with Gasteiger partial charge in [0.2, 0.25) is 0 Å². The van der Waals surface area contributed by atoms with Gasteiger partial charge in [0.1, 0.15) is 0 Å². The lowest BCUT2D eigenvalue weighted by atomic mass is 10.0. The minimum absolute atomic E-state index is 0.269. The fourth-order valence-electron chi connectivity index (χ4n) is 2.26. The molecule has 0 saturated heterocycles. The van der Waals surface area contributed by atoms with Crippen molar-refractivity contribution >= 4 is 23.3 Å². The molecule has 0 bridgehead atoms. The number of nitrogens with zero attached hydrogens (tertiary/aromatic N) is 1. The zero-order valence-corrected chi connectivity index (χ0v) is 12.4. The molecule has 20 heavy (non-hydrogen) atoms. The van der Waals surface area contributed by atoms with Crippen molar-refractivity contribution in [2.75, 3.05) is 33.9 Å². The summed E-state index contributed by atoms with van der Waals surface area (Å²) in [6.45, 7) is 1.36. The summed E-state index contributed by atoms with van der Waals surface area (Å²) in [6.07, 6.45) is 0.762. The average Bonchev–Trinajstić information content (AvgIpc) is 2.93. The van der Waals surface area contributed by atoms with Gasteiger partial charge in [0.05, 0.1) is 13.7 Å². The van der Waals surface area contributed by atoms with Crippen molar-refractivity contribution in [3.63, 3.8) is 0 Å². The minimum atomic E-state index is -0.655. The molecule has 1 N–H and O–H groups in total. The zero-order chi connectivity index (χ0) is 14.5. The average molecular weight is 298 g/mol.